The van der Waals surface area contributed by atoms with E-state index in [0.29, 0.717) is 31.1 Å². The number of hydrogen-bond acceptors (Lipinski definition) is 6. The van der Waals surface area contributed by atoms with Crippen molar-refractivity contribution in [1.29, 1.82) is 5.41 Å². The minimum atomic E-state index is -0.177. The summed E-state index contributed by atoms with van der Waals surface area (Å²) in [5.74, 6) is 1.60. The number of nitrogens with one attached hydrogen (secondary N) is 2. The van der Waals surface area contributed by atoms with Crippen LogP contribution in [0.2, 0.25) is 0 Å². The third kappa shape index (κ3) is 5.07. The molecule has 2 aliphatic heterocycles. The first-order valence-electron chi connectivity index (χ1n) is 11.9. The lowest BCUT2D eigenvalue weighted by molar-refractivity contribution is -0.119. The molecular weight excluding hydrogens is 524 g/mol. The van der Waals surface area contributed by atoms with Gasteiger partial charge in [-0.25, -0.2) is 0 Å². The lowest BCUT2D eigenvalue weighted by Crippen LogP contribution is -2.30. The van der Waals surface area contributed by atoms with Gasteiger partial charge in [0.25, 0.3) is 0 Å². The highest BCUT2D eigenvalue weighted by molar-refractivity contribution is 8.93. The van der Waals surface area contributed by atoms with E-state index >= 15 is 0 Å². The molecule has 0 radical (unpaired) electrons. The lowest BCUT2D eigenvalue weighted by atomic mass is 9.85. The maximum atomic E-state index is 13.4. The number of amides is 1. The van der Waals surface area contributed by atoms with Crippen LogP contribution in [0.25, 0.3) is 0 Å². The van der Waals surface area contributed by atoms with Gasteiger partial charge in [0, 0.05) is 55.4 Å². The predicted octanol–water partition coefficient (Wildman–Crippen LogP) is 3.71. The monoisotopic (exact) mass is 558 g/mol. The summed E-state index contributed by atoms with van der Waals surface area (Å²) in [5, 5.41) is 11.4. The number of amidine groups is 1. The largest absolute Gasteiger partial charge is 0.494 e. The van der Waals surface area contributed by atoms with Crippen LogP contribution in [0.5, 0.6) is 11.5 Å². The topological polar surface area (TPSA) is 95.0 Å². The maximum absolute atomic E-state index is 13.4. The van der Waals surface area contributed by atoms with Gasteiger partial charge < -0.3 is 24.6 Å². The van der Waals surface area contributed by atoms with Crippen LogP contribution in [0.1, 0.15) is 53.4 Å². The van der Waals surface area contributed by atoms with Crippen molar-refractivity contribution in [3.8, 4) is 11.5 Å². The number of ether oxygens (including phenoxy) is 2. The summed E-state index contributed by atoms with van der Waals surface area (Å²) >= 11 is 0. The number of rotatable bonds is 8. The number of Topliss-reactive ketones (excluding diaryl/α,β-unsaturated/α-hetero) is 1. The first-order chi connectivity index (χ1) is 16.6. The molecule has 2 aliphatic rings. The lowest BCUT2D eigenvalue weighted by Gasteiger charge is -2.21. The Kier molecular flexibility index (Phi) is 8.03. The third-order valence-corrected chi connectivity index (χ3v) is 6.66. The van der Waals surface area contributed by atoms with E-state index < -0.39 is 0 Å². The van der Waals surface area contributed by atoms with Gasteiger partial charge in [0.05, 0.1) is 31.9 Å². The Morgan fingerprint density at radius 1 is 1.22 bits per heavy atom. The SMILES string of the molecule is Br.CCOc1cc2c(cc1CC(=O)NC)C(=N)N(CC(=O)c1cc(N(C)C)c3c(c1)C(C)(C)CO3)C2. The van der Waals surface area contributed by atoms with Crippen LogP contribution in [-0.2, 0) is 23.2 Å². The predicted molar refractivity (Wildman–Crippen MR) is 147 cm³/mol. The molecule has 4 rings (SSSR count). The summed E-state index contributed by atoms with van der Waals surface area (Å²) in [4.78, 5) is 29.2. The van der Waals surface area contributed by atoms with Crippen molar-refractivity contribution in [1.82, 2.24) is 10.2 Å². The zero-order valence-corrected chi connectivity index (χ0v) is 23.5. The fraction of sp³-hybridized carbons (Fsp3) is 0.444. The highest BCUT2D eigenvalue weighted by Gasteiger charge is 2.36. The minimum Gasteiger partial charge on any atom is -0.494 e. The summed E-state index contributed by atoms with van der Waals surface area (Å²) in [6.45, 7) is 7.72. The molecule has 1 amide bonds. The van der Waals surface area contributed by atoms with Crippen molar-refractivity contribution >= 4 is 40.2 Å². The number of likely N-dealkylation sites (N-methyl/N-ethyl adjacent to an activating group) is 1. The van der Waals surface area contributed by atoms with Gasteiger partial charge >= 0.3 is 0 Å². The molecule has 0 aliphatic carbocycles. The van der Waals surface area contributed by atoms with Crippen LogP contribution >= 0.6 is 17.0 Å². The molecule has 0 saturated carbocycles. The number of nitrogens with zero attached hydrogens (tertiary/aromatic N) is 2. The number of ketones is 1. The molecule has 0 saturated heterocycles. The number of halogens is 1. The molecule has 9 heteroatoms. The molecule has 2 aromatic carbocycles. The molecule has 0 spiro atoms. The summed E-state index contributed by atoms with van der Waals surface area (Å²) in [6, 6.07) is 7.57. The van der Waals surface area contributed by atoms with E-state index in [4.69, 9.17) is 14.9 Å². The van der Waals surface area contributed by atoms with E-state index in [1.807, 2.05) is 50.2 Å². The molecular formula is C27H35BrN4O4. The number of fused-ring (bicyclic) bond motifs is 2. The number of hydrogen-bond donors (Lipinski definition) is 2. The smallest absolute Gasteiger partial charge is 0.224 e. The normalized spacial score (nSPS) is 14.9. The Bertz CT molecular complexity index is 1210. The summed E-state index contributed by atoms with van der Waals surface area (Å²) in [7, 11) is 5.48. The van der Waals surface area contributed by atoms with Gasteiger partial charge in [-0.3, -0.25) is 15.0 Å². The molecule has 2 heterocycles. The van der Waals surface area contributed by atoms with Crippen molar-refractivity contribution < 1.29 is 19.1 Å². The Balaban J connectivity index is 0.00000361. The molecule has 36 heavy (non-hydrogen) atoms. The van der Waals surface area contributed by atoms with E-state index in [-0.39, 0.29) is 52.9 Å². The van der Waals surface area contributed by atoms with Crippen LogP contribution < -0.4 is 19.7 Å². The Hall–Kier alpha value is -3.07. The Morgan fingerprint density at radius 2 is 1.94 bits per heavy atom. The summed E-state index contributed by atoms with van der Waals surface area (Å²) in [6.07, 6.45) is 0.172. The van der Waals surface area contributed by atoms with E-state index in [2.05, 4.69) is 19.2 Å². The van der Waals surface area contributed by atoms with E-state index in [0.717, 1.165) is 33.7 Å². The van der Waals surface area contributed by atoms with Crippen LogP contribution in [-0.4, -0.2) is 63.3 Å². The molecule has 0 unspecified atom stereocenters. The van der Waals surface area contributed by atoms with Crippen LogP contribution in [0.3, 0.4) is 0 Å². The molecule has 194 valence electrons. The molecule has 0 aromatic heterocycles. The zero-order valence-electron chi connectivity index (χ0n) is 21.8. The maximum Gasteiger partial charge on any atom is 0.224 e. The van der Waals surface area contributed by atoms with Gasteiger partial charge in [-0.05, 0) is 36.8 Å². The number of benzene rings is 2. The highest BCUT2D eigenvalue weighted by atomic mass is 79.9. The summed E-state index contributed by atoms with van der Waals surface area (Å²) in [5.41, 5.74) is 4.75. The molecule has 8 nitrogen and oxygen atoms in total. The molecule has 2 N–H and O–H groups in total. The standard InChI is InChI=1S/C27H34N4O4.BrH/c1-7-34-23-11-18-13-31(26(28)19(18)8-17(23)12-24(33)29-4)14-22(32)16-9-20-25(21(10-16)30(5)6)35-15-27(20,2)3;/h8-11,28H,7,12-15H2,1-6H3,(H,29,33);1H. The molecule has 0 fully saturated rings. The first kappa shape index (κ1) is 27.5. The fourth-order valence-electron chi connectivity index (χ4n) is 4.65. The second-order valence-electron chi connectivity index (χ2n) is 9.97. The average Bonchev–Trinajstić information content (AvgIpc) is 3.28. The zero-order chi connectivity index (χ0) is 25.5. The first-order valence-corrected chi connectivity index (χ1v) is 11.9. The van der Waals surface area contributed by atoms with Crippen LogP contribution in [0.4, 0.5) is 5.69 Å². The Morgan fingerprint density at radius 3 is 2.58 bits per heavy atom. The van der Waals surface area contributed by atoms with Crippen LogP contribution in [0, 0.1) is 5.41 Å². The van der Waals surface area contributed by atoms with Gasteiger partial charge in [0.2, 0.25) is 5.91 Å². The second kappa shape index (κ2) is 10.5. The average molecular weight is 560 g/mol. The summed E-state index contributed by atoms with van der Waals surface area (Å²) < 4.78 is 11.7. The quantitative estimate of drug-likeness (QED) is 0.479. The van der Waals surface area contributed by atoms with Gasteiger partial charge in [0.15, 0.2) is 5.78 Å². The van der Waals surface area contributed by atoms with Gasteiger partial charge in [-0.2, -0.15) is 0 Å². The second-order valence-corrected chi connectivity index (χ2v) is 9.97. The molecule has 0 atom stereocenters. The number of carbonyl (C=O) groups is 2. The van der Waals surface area contributed by atoms with Crippen LogP contribution in [0.15, 0.2) is 24.3 Å². The van der Waals surface area contributed by atoms with Gasteiger partial charge in [-0.15, -0.1) is 17.0 Å². The van der Waals surface area contributed by atoms with Crippen molar-refractivity contribution in [3.05, 3.63) is 52.1 Å². The van der Waals surface area contributed by atoms with Crippen molar-refractivity contribution in [2.24, 2.45) is 0 Å². The number of anilines is 1. The van der Waals surface area contributed by atoms with Crippen molar-refractivity contribution in [3.63, 3.8) is 0 Å². The van der Waals surface area contributed by atoms with Crippen molar-refractivity contribution in [2.75, 3.05) is 45.8 Å². The highest BCUT2D eigenvalue weighted by Crippen LogP contribution is 2.45. The van der Waals surface area contributed by atoms with E-state index in [1.54, 1.807) is 11.9 Å². The third-order valence-electron chi connectivity index (χ3n) is 6.66. The number of carbonyl (C=O) groups excluding carboxylic acids is 2. The van der Waals surface area contributed by atoms with Gasteiger partial charge in [-0.1, -0.05) is 13.8 Å². The fourth-order valence-corrected chi connectivity index (χ4v) is 4.65. The minimum absolute atomic E-state index is 0. The van der Waals surface area contributed by atoms with Crippen molar-refractivity contribution in [2.45, 2.75) is 39.2 Å². The molecule has 2 aromatic rings. The van der Waals surface area contributed by atoms with E-state index in [1.165, 1.54) is 0 Å². The Labute approximate surface area is 223 Å². The van der Waals surface area contributed by atoms with Gasteiger partial charge in [0.1, 0.15) is 17.3 Å². The molecule has 0 bridgehead atoms. The van der Waals surface area contributed by atoms with E-state index in [9.17, 15) is 9.59 Å².